The van der Waals surface area contributed by atoms with Crippen molar-refractivity contribution in [1.29, 1.82) is 0 Å². The monoisotopic (exact) mass is 222 g/mol. The van der Waals surface area contributed by atoms with Crippen LogP contribution < -0.4 is 0 Å². The lowest BCUT2D eigenvalue weighted by atomic mass is 9.67. The second-order valence-corrected chi connectivity index (χ2v) is 7.63. The van der Waals surface area contributed by atoms with E-state index >= 15 is 0 Å². The van der Waals surface area contributed by atoms with Gasteiger partial charge in [0.05, 0.1) is 0 Å². The fourth-order valence-corrected chi connectivity index (χ4v) is 3.63. The summed E-state index contributed by atoms with van der Waals surface area (Å²) in [6.07, 6.45) is 10.6. The van der Waals surface area contributed by atoms with Crippen LogP contribution in [0, 0.1) is 29.1 Å². The molecule has 2 saturated carbocycles. The molecule has 1 unspecified atom stereocenters. The molecule has 2 rings (SSSR count). The van der Waals surface area contributed by atoms with Gasteiger partial charge < -0.3 is 0 Å². The largest absolute Gasteiger partial charge is 0.0622 e. The zero-order valence-electron chi connectivity index (χ0n) is 11.8. The van der Waals surface area contributed by atoms with Crippen molar-refractivity contribution >= 4 is 0 Å². The van der Waals surface area contributed by atoms with Crippen LogP contribution in [-0.2, 0) is 0 Å². The van der Waals surface area contributed by atoms with Crippen molar-refractivity contribution in [3.8, 4) is 0 Å². The summed E-state index contributed by atoms with van der Waals surface area (Å²) in [5, 5.41) is 0. The van der Waals surface area contributed by atoms with Crippen molar-refractivity contribution in [2.45, 2.75) is 72.6 Å². The lowest BCUT2D eigenvalue weighted by Crippen LogP contribution is -2.28. The summed E-state index contributed by atoms with van der Waals surface area (Å²) in [5.41, 5.74) is 0.546. The smallest absolute Gasteiger partial charge is 0.0354 e. The molecule has 0 heteroatoms. The molecule has 16 heavy (non-hydrogen) atoms. The molecule has 2 aliphatic carbocycles. The van der Waals surface area contributed by atoms with Crippen molar-refractivity contribution in [2.75, 3.05) is 0 Å². The van der Waals surface area contributed by atoms with E-state index in [9.17, 15) is 0 Å². The van der Waals surface area contributed by atoms with Crippen LogP contribution >= 0.6 is 0 Å². The van der Waals surface area contributed by atoms with E-state index in [0.29, 0.717) is 5.41 Å². The Morgan fingerprint density at radius 3 is 1.94 bits per heavy atom. The van der Waals surface area contributed by atoms with E-state index in [2.05, 4.69) is 27.7 Å². The van der Waals surface area contributed by atoms with Crippen LogP contribution in [0.25, 0.3) is 0 Å². The van der Waals surface area contributed by atoms with Crippen LogP contribution in [0.4, 0.5) is 0 Å². The number of hydrogen-bond donors (Lipinski definition) is 0. The van der Waals surface area contributed by atoms with E-state index in [4.69, 9.17) is 0 Å². The van der Waals surface area contributed by atoms with E-state index in [1.807, 2.05) is 0 Å². The SMILES string of the molecule is CC(CC1CC1)C1CCC(C(C)(C)C)CC1. The first-order valence-corrected chi connectivity index (χ1v) is 7.47. The summed E-state index contributed by atoms with van der Waals surface area (Å²) in [6, 6.07) is 0. The summed E-state index contributed by atoms with van der Waals surface area (Å²) in [6.45, 7) is 9.78. The Morgan fingerprint density at radius 1 is 0.938 bits per heavy atom. The Bertz CT molecular complexity index is 211. The quantitative estimate of drug-likeness (QED) is 0.610. The molecule has 0 nitrogen and oxygen atoms in total. The van der Waals surface area contributed by atoms with Crippen molar-refractivity contribution < 1.29 is 0 Å². The van der Waals surface area contributed by atoms with Crippen LogP contribution in [0.5, 0.6) is 0 Å². The molecule has 2 aliphatic rings. The van der Waals surface area contributed by atoms with E-state index in [-0.39, 0.29) is 0 Å². The molecule has 0 aromatic carbocycles. The summed E-state index contributed by atoms with van der Waals surface area (Å²) in [5.74, 6) is 4.17. The normalized spacial score (nSPS) is 33.8. The van der Waals surface area contributed by atoms with Crippen molar-refractivity contribution in [2.24, 2.45) is 29.1 Å². The predicted molar refractivity (Wildman–Crippen MR) is 71.4 cm³/mol. The standard InChI is InChI=1S/C16H30/c1-12(11-13-5-6-13)14-7-9-15(10-8-14)16(2,3)4/h12-15H,5-11H2,1-4H3. The Labute approximate surface area is 102 Å². The first-order valence-electron chi connectivity index (χ1n) is 7.47. The molecule has 0 spiro atoms. The van der Waals surface area contributed by atoms with Gasteiger partial charge in [0, 0.05) is 0 Å². The van der Waals surface area contributed by atoms with E-state index in [1.54, 1.807) is 0 Å². The van der Waals surface area contributed by atoms with Gasteiger partial charge in [0.1, 0.15) is 0 Å². The minimum Gasteiger partial charge on any atom is -0.0622 e. The highest BCUT2D eigenvalue weighted by Gasteiger charge is 2.33. The topological polar surface area (TPSA) is 0 Å². The molecule has 94 valence electrons. The lowest BCUT2D eigenvalue weighted by Gasteiger charge is -2.39. The van der Waals surface area contributed by atoms with Crippen LogP contribution in [0.3, 0.4) is 0 Å². The first-order chi connectivity index (χ1) is 7.47. The highest BCUT2D eigenvalue weighted by atomic mass is 14.4. The predicted octanol–water partition coefficient (Wildman–Crippen LogP) is 5.28. The summed E-state index contributed by atoms with van der Waals surface area (Å²) >= 11 is 0. The fraction of sp³-hybridized carbons (Fsp3) is 1.00. The van der Waals surface area contributed by atoms with Crippen molar-refractivity contribution in [3.05, 3.63) is 0 Å². The molecule has 0 saturated heterocycles. The van der Waals surface area contributed by atoms with Crippen LogP contribution in [-0.4, -0.2) is 0 Å². The number of hydrogen-bond acceptors (Lipinski definition) is 0. The summed E-state index contributed by atoms with van der Waals surface area (Å²) < 4.78 is 0. The Kier molecular flexibility index (Phi) is 3.66. The van der Waals surface area contributed by atoms with Gasteiger partial charge in [0.15, 0.2) is 0 Å². The highest BCUT2D eigenvalue weighted by Crippen LogP contribution is 2.45. The Morgan fingerprint density at radius 2 is 1.50 bits per heavy atom. The molecule has 0 aromatic heterocycles. The maximum atomic E-state index is 2.51. The zero-order chi connectivity index (χ0) is 11.8. The average Bonchev–Trinajstić information content (AvgIpc) is 3.00. The van der Waals surface area contributed by atoms with Crippen LogP contribution in [0.1, 0.15) is 72.6 Å². The number of rotatable bonds is 3. The minimum absolute atomic E-state index is 0.546. The highest BCUT2D eigenvalue weighted by molar-refractivity contribution is 4.84. The van der Waals surface area contributed by atoms with Gasteiger partial charge in [-0.2, -0.15) is 0 Å². The van der Waals surface area contributed by atoms with E-state index in [1.165, 1.54) is 44.9 Å². The molecule has 0 heterocycles. The molecular formula is C16H30. The summed E-state index contributed by atoms with van der Waals surface area (Å²) in [7, 11) is 0. The molecule has 0 N–H and O–H groups in total. The van der Waals surface area contributed by atoms with Gasteiger partial charge in [-0.1, -0.05) is 40.5 Å². The Balaban J connectivity index is 1.75. The molecular weight excluding hydrogens is 192 g/mol. The molecule has 0 aromatic rings. The van der Waals surface area contributed by atoms with Gasteiger partial charge in [-0.25, -0.2) is 0 Å². The fourth-order valence-electron chi connectivity index (χ4n) is 3.63. The van der Waals surface area contributed by atoms with Crippen LogP contribution in [0.15, 0.2) is 0 Å². The second-order valence-electron chi connectivity index (χ2n) is 7.63. The summed E-state index contributed by atoms with van der Waals surface area (Å²) in [4.78, 5) is 0. The molecule has 0 amide bonds. The molecule has 0 radical (unpaired) electrons. The molecule has 1 atom stereocenters. The second kappa shape index (κ2) is 4.70. The van der Waals surface area contributed by atoms with Crippen LogP contribution in [0.2, 0.25) is 0 Å². The maximum absolute atomic E-state index is 2.51. The third-order valence-electron chi connectivity index (χ3n) is 5.20. The lowest BCUT2D eigenvalue weighted by molar-refractivity contribution is 0.124. The minimum atomic E-state index is 0.546. The van der Waals surface area contributed by atoms with Gasteiger partial charge in [0.2, 0.25) is 0 Å². The van der Waals surface area contributed by atoms with Crippen molar-refractivity contribution in [3.63, 3.8) is 0 Å². The first kappa shape index (κ1) is 12.5. The van der Waals surface area contributed by atoms with Gasteiger partial charge in [-0.05, 0) is 61.2 Å². The van der Waals surface area contributed by atoms with E-state index < -0.39 is 0 Å². The third-order valence-corrected chi connectivity index (χ3v) is 5.20. The molecule has 0 bridgehead atoms. The molecule has 2 fully saturated rings. The van der Waals surface area contributed by atoms with Crippen molar-refractivity contribution in [1.82, 2.24) is 0 Å². The van der Waals surface area contributed by atoms with Gasteiger partial charge in [-0.3, -0.25) is 0 Å². The third kappa shape index (κ3) is 3.25. The average molecular weight is 222 g/mol. The zero-order valence-corrected chi connectivity index (χ0v) is 11.8. The van der Waals surface area contributed by atoms with Gasteiger partial charge >= 0.3 is 0 Å². The van der Waals surface area contributed by atoms with Gasteiger partial charge in [0.25, 0.3) is 0 Å². The Hall–Kier alpha value is 0. The van der Waals surface area contributed by atoms with E-state index in [0.717, 1.165) is 23.7 Å². The van der Waals surface area contributed by atoms with Gasteiger partial charge in [-0.15, -0.1) is 0 Å². The molecule has 0 aliphatic heterocycles. The maximum Gasteiger partial charge on any atom is -0.0354 e.